The Bertz CT molecular complexity index is 845. The van der Waals surface area contributed by atoms with Crippen LogP contribution < -0.4 is 5.73 Å². The van der Waals surface area contributed by atoms with Crippen LogP contribution >= 0.6 is 15.9 Å². The summed E-state index contributed by atoms with van der Waals surface area (Å²) in [7, 11) is 0. The van der Waals surface area contributed by atoms with Gasteiger partial charge in [-0.3, -0.25) is 9.99 Å². The fourth-order valence-corrected chi connectivity index (χ4v) is 3.26. The van der Waals surface area contributed by atoms with E-state index in [0.717, 1.165) is 33.6 Å². The topological polar surface area (TPSA) is 57.8 Å². The molecule has 0 saturated carbocycles. The smallest absolute Gasteiger partial charge is 0.155 e. The zero-order valence-electron chi connectivity index (χ0n) is 12.9. The molecule has 0 bridgehead atoms. The zero-order valence-corrected chi connectivity index (χ0v) is 14.5. The van der Waals surface area contributed by atoms with E-state index in [-0.39, 0.29) is 0 Å². The lowest BCUT2D eigenvalue weighted by molar-refractivity contribution is 0.143. The largest absolute Gasteiger partial charge is 0.384 e. The second-order valence-electron chi connectivity index (χ2n) is 5.66. The summed E-state index contributed by atoms with van der Waals surface area (Å²) in [6, 6.07) is 3.99. The molecule has 1 aliphatic carbocycles. The van der Waals surface area contributed by atoms with Gasteiger partial charge in [-0.2, -0.15) is 0 Å². The third kappa shape index (κ3) is 2.80. The van der Waals surface area contributed by atoms with Crippen LogP contribution in [0.1, 0.15) is 12.0 Å². The van der Waals surface area contributed by atoms with Crippen LogP contribution in [0.4, 0.5) is 0 Å². The van der Waals surface area contributed by atoms with Crippen LogP contribution in [0.3, 0.4) is 0 Å². The second-order valence-corrected chi connectivity index (χ2v) is 6.68. The van der Waals surface area contributed by atoms with Gasteiger partial charge in [0, 0.05) is 36.3 Å². The van der Waals surface area contributed by atoms with Crippen molar-refractivity contribution in [3.63, 3.8) is 0 Å². The summed E-state index contributed by atoms with van der Waals surface area (Å²) in [5.41, 5.74) is 9.42. The summed E-state index contributed by atoms with van der Waals surface area (Å²) >= 11 is 3.55. The van der Waals surface area contributed by atoms with Crippen molar-refractivity contribution in [3.05, 3.63) is 88.2 Å². The molecule has 3 heterocycles. The van der Waals surface area contributed by atoms with Crippen LogP contribution in [-0.4, -0.2) is 20.8 Å². The maximum Gasteiger partial charge on any atom is 0.155 e. The van der Waals surface area contributed by atoms with Crippen LogP contribution in [0.5, 0.6) is 0 Å². The number of halogens is 1. The highest BCUT2D eigenvalue weighted by atomic mass is 79.9. The minimum absolute atomic E-state index is 0.657. The first-order valence-electron chi connectivity index (χ1n) is 7.67. The first-order chi connectivity index (χ1) is 11.7. The fraction of sp³-hybridized carbons (Fsp3) is 0.111. The van der Waals surface area contributed by atoms with Crippen molar-refractivity contribution in [1.29, 1.82) is 0 Å². The molecule has 0 radical (unpaired) electrons. The molecule has 0 saturated heterocycles. The van der Waals surface area contributed by atoms with Gasteiger partial charge in [-0.25, -0.2) is 10.0 Å². The normalized spacial score (nSPS) is 22.3. The number of hydrogen-bond acceptors (Lipinski definition) is 5. The highest BCUT2D eigenvalue weighted by Crippen LogP contribution is 2.29. The van der Waals surface area contributed by atoms with Crippen molar-refractivity contribution >= 4 is 21.8 Å². The minimum Gasteiger partial charge on any atom is -0.384 e. The monoisotopic (exact) mass is 381 g/mol. The van der Waals surface area contributed by atoms with Crippen LogP contribution in [0.25, 0.3) is 0 Å². The standard InChI is InChI=1S/C18H16BrN5/c19-15-3-1-2-14(10-15)16-11-17(20)24-18(22-16)6-9-23(24)12-13-4-7-21-8-5-13/h1-2,4-11H,3,12,20H2/b16-14-. The van der Waals surface area contributed by atoms with E-state index in [1.165, 1.54) is 0 Å². The number of amidine groups is 1. The van der Waals surface area contributed by atoms with E-state index < -0.39 is 0 Å². The lowest BCUT2D eigenvalue weighted by atomic mass is 10.1. The SMILES string of the molecule is NC1=C/C(=C2\C=CCC(Br)=C2)N=C2C=CN(Cc3ccncc3)N12. The van der Waals surface area contributed by atoms with Crippen molar-refractivity contribution in [3.8, 4) is 0 Å². The van der Waals surface area contributed by atoms with Gasteiger partial charge in [-0.15, -0.1) is 0 Å². The first kappa shape index (κ1) is 15.0. The van der Waals surface area contributed by atoms with E-state index >= 15 is 0 Å². The predicted molar refractivity (Wildman–Crippen MR) is 98.3 cm³/mol. The molecular formula is C18H16BrN5. The summed E-state index contributed by atoms with van der Waals surface area (Å²) in [5.74, 6) is 1.49. The van der Waals surface area contributed by atoms with Gasteiger partial charge in [-0.1, -0.05) is 28.1 Å². The van der Waals surface area contributed by atoms with Crippen molar-refractivity contribution in [2.24, 2.45) is 10.7 Å². The number of aromatic nitrogens is 1. The van der Waals surface area contributed by atoms with E-state index in [1.807, 2.05) is 40.5 Å². The molecular weight excluding hydrogens is 366 g/mol. The number of nitrogens with zero attached hydrogens (tertiary/aromatic N) is 4. The van der Waals surface area contributed by atoms with Crippen LogP contribution in [-0.2, 0) is 6.54 Å². The average Bonchev–Trinajstić information content (AvgIpc) is 2.99. The third-order valence-corrected chi connectivity index (χ3v) is 4.50. The molecule has 2 N–H and O–H groups in total. The predicted octanol–water partition coefficient (Wildman–Crippen LogP) is 3.33. The van der Waals surface area contributed by atoms with Gasteiger partial charge in [0.25, 0.3) is 0 Å². The first-order valence-corrected chi connectivity index (χ1v) is 8.46. The Balaban J connectivity index is 1.63. The number of pyridine rings is 1. The Hall–Kier alpha value is -2.60. The molecule has 1 aromatic heterocycles. The number of hydrazine groups is 1. The van der Waals surface area contributed by atoms with Gasteiger partial charge < -0.3 is 5.73 Å². The van der Waals surface area contributed by atoms with Crippen molar-refractivity contribution in [2.75, 3.05) is 0 Å². The fourth-order valence-electron chi connectivity index (χ4n) is 2.82. The van der Waals surface area contributed by atoms with Crippen LogP contribution in [0.2, 0.25) is 0 Å². The number of allylic oxidation sites excluding steroid dienone is 6. The van der Waals surface area contributed by atoms with Gasteiger partial charge in [0.1, 0.15) is 5.82 Å². The summed E-state index contributed by atoms with van der Waals surface area (Å²) in [5, 5.41) is 3.97. The molecule has 3 aliphatic rings. The summed E-state index contributed by atoms with van der Waals surface area (Å²) in [6.45, 7) is 0.712. The van der Waals surface area contributed by atoms with Gasteiger partial charge in [-0.05, 0) is 34.7 Å². The second kappa shape index (κ2) is 6.13. The van der Waals surface area contributed by atoms with E-state index in [9.17, 15) is 0 Å². The Morgan fingerprint density at radius 3 is 2.79 bits per heavy atom. The van der Waals surface area contributed by atoms with Gasteiger partial charge in [0.15, 0.2) is 5.84 Å². The summed E-state index contributed by atoms with van der Waals surface area (Å²) in [6.07, 6.45) is 16.7. The molecule has 0 spiro atoms. The molecule has 0 amide bonds. The van der Waals surface area contributed by atoms with Crippen LogP contribution in [0.15, 0.2) is 87.7 Å². The number of nitrogens with two attached hydrogens (primary N) is 1. The molecule has 2 aliphatic heterocycles. The van der Waals surface area contributed by atoms with Gasteiger partial charge in [0.05, 0.1) is 12.2 Å². The van der Waals surface area contributed by atoms with Crippen molar-refractivity contribution in [1.82, 2.24) is 15.0 Å². The van der Waals surface area contributed by atoms with E-state index in [4.69, 9.17) is 10.7 Å². The molecule has 24 heavy (non-hydrogen) atoms. The molecule has 0 atom stereocenters. The highest BCUT2D eigenvalue weighted by Gasteiger charge is 2.27. The molecule has 0 aromatic carbocycles. The van der Waals surface area contributed by atoms with E-state index in [2.05, 4.69) is 39.1 Å². The maximum atomic E-state index is 6.32. The Morgan fingerprint density at radius 1 is 1.17 bits per heavy atom. The molecule has 1 aromatic rings. The molecule has 0 unspecified atom stereocenters. The third-order valence-electron chi connectivity index (χ3n) is 3.95. The molecule has 6 heteroatoms. The van der Waals surface area contributed by atoms with E-state index in [1.54, 1.807) is 12.4 Å². The van der Waals surface area contributed by atoms with Crippen molar-refractivity contribution < 1.29 is 0 Å². The minimum atomic E-state index is 0.657. The highest BCUT2D eigenvalue weighted by molar-refractivity contribution is 9.11. The summed E-state index contributed by atoms with van der Waals surface area (Å²) < 4.78 is 1.14. The average molecular weight is 382 g/mol. The van der Waals surface area contributed by atoms with Crippen molar-refractivity contribution in [2.45, 2.75) is 13.0 Å². The Morgan fingerprint density at radius 2 is 2.00 bits per heavy atom. The van der Waals surface area contributed by atoms with E-state index in [0.29, 0.717) is 12.4 Å². The van der Waals surface area contributed by atoms with Gasteiger partial charge in [0.2, 0.25) is 0 Å². The molecule has 4 rings (SSSR count). The number of aliphatic imine (C=N–C) groups is 1. The number of rotatable bonds is 2. The molecule has 5 nitrogen and oxygen atoms in total. The quantitative estimate of drug-likeness (QED) is 0.853. The Kier molecular flexibility index (Phi) is 3.82. The van der Waals surface area contributed by atoms with Gasteiger partial charge >= 0.3 is 0 Å². The number of hydrogen-bond donors (Lipinski definition) is 1. The maximum absolute atomic E-state index is 6.32. The molecule has 120 valence electrons. The summed E-state index contributed by atoms with van der Waals surface area (Å²) in [4.78, 5) is 8.80. The Labute approximate surface area is 149 Å². The number of fused-ring (bicyclic) bond motifs is 1. The van der Waals surface area contributed by atoms with Crippen LogP contribution in [0, 0.1) is 0 Å². The zero-order chi connectivity index (χ0) is 16.5. The molecule has 0 fully saturated rings. The lowest BCUT2D eigenvalue weighted by Crippen LogP contribution is -2.41. The lowest BCUT2D eigenvalue weighted by Gasteiger charge is -2.33.